The molecule has 0 bridgehead atoms. The minimum Gasteiger partial charge on any atom is -0.399 e. The van der Waals surface area contributed by atoms with E-state index in [2.05, 4.69) is 24.9 Å². The zero-order valence-corrected chi connectivity index (χ0v) is 9.16. The third-order valence-electron chi connectivity index (χ3n) is 2.41. The lowest BCUT2D eigenvalue weighted by atomic mass is 10.2. The molecule has 78 valence electrons. The lowest BCUT2D eigenvalue weighted by molar-refractivity contribution is 0.705. The maximum absolute atomic E-state index is 5.72. The first kappa shape index (κ1) is 10.9. The molecule has 0 fully saturated rings. The Bertz CT molecular complexity index is 271. The van der Waals surface area contributed by atoms with Crippen molar-refractivity contribution in [2.45, 2.75) is 26.2 Å². The van der Waals surface area contributed by atoms with Crippen LogP contribution in [0, 0.1) is 0 Å². The Morgan fingerprint density at radius 3 is 2.71 bits per heavy atom. The standard InChI is InChI=1S/C12H20N2/c1-3-4-5-9-14(2)12-8-6-7-11(13)10-12/h6-8,10H,3-5,9,13H2,1-2H3. The molecule has 2 N–H and O–H groups in total. The molecule has 0 aromatic heterocycles. The van der Waals surface area contributed by atoms with Crippen LogP contribution >= 0.6 is 0 Å². The first-order valence-corrected chi connectivity index (χ1v) is 5.30. The van der Waals surface area contributed by atoms with Gasteiger partial charge in [-0.15, -0.1) is 0 Å². The molecule has 2 nitrogen and oxygen atoms in total. The number of hydrogen-bond donors (Lipinski definition) is 1. The highest BCUT2D eigenvalue weighted by Gasteiger charge is 1.99. The number of hydrogen-bond acceptors (Lipinski definition) is 2. The lowest BCUT2D eigenvalue weighted by Crippen LogP contribution is -2.18. The van der Waals surface area contributed by atoms with Gasteiger partial charge in [0.2, 0.25) is 0 Å². The van der Waals surface area contributed by atoms with Gasteiger partial charge in [-0.3, -0.25) is 0 Å². The van der Waals surface area contributed by atoms with Crippen molar-refractivity contribution in [3.63, 3.8) is 0 Å². The SMILES string of the molecule is CCCCCN(C)c1cccc(N)c1. The Morgan fingerprint density at radius 1 is 1.29 bits per heavy atom. The van der Waals surface area contributed by atoms with E-state index in [0.29, 0.717) is 0 Å². The molecule has 1 rings (SSSR count). The summed E-state index contributed by atoms with van der Waals surface area (Å²) in [7, 11) is 2.12. The second-order valence-electron chi connectivity index (χ2n) is 3.72. The van der Waals surface area contributed by atoms with Crippen LogP contribution in [0.1, 0.15) is 26.2 Å². The van der Waals surface area contributed by atoms with Gasteiger partial charge in [-0.25, -0.2) is 0 Å². The van der Waals surface area contributed by atoms with E-state index in [1.807, 2.05) is 18.2 Å². The largest absolute Gasteiger partial charge is 0.399 e. The highest BCUT2D eigenvalue weighted by Crippen LogP contribution is 2.16. The van der Waals surface area contributed by atoms with Gasteiger partial charge in [0.1, 0.15) is 0 Å². The van der Waals surface area contributed by atoms with Crippen LogP contribution in [0.3, 0.4) is 0 Å². The van der Waals surface area contributed by atoms with E-state index in [0.717, 1.165) is 12.2 Å². The maximum Gasteiger partial charge on any atom is 0.0384 e. The van der Waals surface area contributed by atoms with Gasteiger partial charge < -0.3 is 10.6 Å². The van der Waals surface area contributed by atoms with E-state index >= 15 is 0 Å². The number of nitrogen functional groups attached to an aromatic ring is 1. The molecule has 0 saturated heterocycles. The fourth-order valence-corrected chi connectivity index (χ4v) is 1.49. The van der Waals surface area contributed by atoms with Crippen LogP contribution in [-0.4, -0.2) is 13.6 Å². The van der Waals surface area contributed by atoms with Crippen LogP contribution in [0.2, 0.25) is 0 Å². The normalized spacial score (nSPS) is 10.1. The predicted molar refractivity (Wildman–Crippen MR) is 63.6 cm³/mol. The molecule has 0 amide bonds. The van der Waals surface area contributed by atoms with E-state index < -0.39 is 0 Å². The molecule has 0 aliphatic heterocycles. The number of nitrogens with two attached hydrogens (primary N) is 1. The minimum absolute atomic E-state index is 0.838. The van der Waals surface area contributed by atoms with Crippen LogP contribution in [0.15, 0.2) is 24.3 Å². The molecule has 0 unspecified atom stereocenters. The van der Waals surface area contributed by atoms with Crippen molar-refractivity contribution in [2.24, 2.45) is 0 Å². The third kappa shape index (κ3) is 3.29. The van der Waals surface area contributed by atoms with E-state index in [-0.39, 0.29) is 0 Å². The molecule has 0 radical (unpaired) electrons. The molecule has 2 heteroatoms. The molecular formula is C12H20N2. The van der Waals surface area contributed by atoms with Gasteiger partial charge in [-0.2, -0.15) is 0 Å². The van der Waals surface area contributed by atoms with Gasteiger partial charge in [0.05, 0.1) is 0 Å². The highest BCUT2D eigenvalue weighted by atomic mass is 15.1. The molecule has 14 heavy (non-hydrogen) atoms. The van der Waals surface area contributed by atoms with Crippen molar-refractivity contribution in [3.05, 3.63) is 24.3 Å². The Kier molecular flexibility index (Phi) is 4.30. The monoisotopic (exact) mass is 192 g/mol. The van der Waals surface area contributed by atoms with Crippen LogP contribution < -0.4 is 10.6 Å². The summed E-state index contributed by atoms with van der Waals surface area (Å²) >= 11 is 0. The second-order valence-corrected chi connectivity index (χ2v) is 3.72. The van der Waals surface area contributed by atoms with Crippen molar-refractivity contribution in [2.75, 3.05) is 24.2 Å². The van der Waals surface area contributed by atoms with Crippen molar-refractivity contribution < 1.29 is 0 Å². The quantitative estimate of drug-likeness (QED) is 0.574. The van der Waals surface area contributed by atoms with Gasteiger partial charge in [0, 0.05) is 25.0 Å². The Morgan fingerprint density at radius 2 is 2.07 bits per heavy atom. The molecular weight excluding hydrogens is 172 g/mol. The maximum atomic E-state index is 5.72. The molecule has 0 aliphatic rings. The van der Waals surface area contributed by atoms with Crippen molar-refractivity contribution in [3.8, 4) is 0 Å². The zero-order valence-electron chi connectivity index (χ0n) is 9.16. The van der Waals surface area contributed by atoms with E-state index in [9.17, 15) is 0 Å². The van der Waals surface area contributed by atoms with Crippen LogP contribution in [0.5, 0.6) is 0 Å². The third-order valence-corrected chi connectivity index (χ3v) is 2.41. The van der Waals surface area contributed by atoms with Crippen LogP contribution in [-0.2, 0) is 0 Å². The molecule has 0 saturated carbocycles. The average molecular weight is 192 g/mol. The van der Waals surface area contributed by atoms with Crippen molar-refractivity contribution >= 4 is 11.4 Å². The Balaban J connectivity index is 2.47. The molecule has 0 atom stereocenters. The molecule has 1 aromatic carbocycles. The molecule has 0 heterocycles. The number of nitrogens with zero attached hydrogens (tertiary/aromatic N) is 1. The summed E-state index contributed by atoms with van der Waals surface area (Å²) in [4.78, 5) is 2.26. The van der Waals surface area contributed by atoms with E-state index in [4.69, 9.17) is 5.73 Å². The first-order valence-electron chi connectivity index (χ1n) is 5.30. The number of unbranched alkanes of at least 4 members (excludes halogenated alkanes) is 2. The van der Waals surface area contributed by atoms with Gasteiger partial charge in [-0.1, -0.05) is 25.8 Å². The molecule has 1 aromatic rings. The van der Waals surface area contributed by atoms with Gasteiger partial charge >= 0.3 is 0 Å². The van der Waals surface area contributed by atoms with Crippen molar-refractivity contribution in [1.29, 1.82) is 0 Å². The zero-order chi connectivity index (χ0) is 10.4. The molecule has 0 aliphatic carbocycles. The molecule has 0 spiro atoms. The summed E-state index contributed by atoms with van der Waals surface area (Å²) in [5, 5.41) is 0. The Hall–Kier alpha value is -1.18. The van der Waals surface area contributed by atoms with Gasteiger partial charge in [-0.05, 0) is 24.6 Å². The first-order chi connectivity index (χ1) is 6.74. The van der Waals surface area contributed by atoms with Crippen molar-refractivity contribution in [1.82, 2.24) is 0 Å². The summed E-state index contributed by atoms with van der Waals surface area (Å²) in [6.45, 7) is 3.33. The smallest absolute Gasteiger partial charge is 0.0384 e. The summed E-state index contributed by atoms with van der Waals surface area (Å²) in [5.74, 6) is 0. The summed E-state index contributed by atoms with van der Waals surface area (Å²) < 4.78 is 0. The topological polar surface area (TPSA) is 29.3 Å². The number of anilines is 2. The summed E-state index contributed by atoms with van der Waals surface area (Å²) in [6, 6.07) is 8.04. The average Bonchev–Trinajstić information content (AvgIpc) is 2.18. The Labute approximate surface area is 86.7 Å². The fraction of sp³-hybridized carbons (Fsp3) is 0.500. The number of benzene rings is 1. The number of rotatable bonds is 5. The predicted octanol–water partition coefficient (Wildman–Crippen LogP) is 2.90. The van der Waals surface area contributed by atoms with Gasteiger partial charge in [0.25, 0.3) is 0 Å². The van der Waals surface area contributed by atoms with E-state index in [1.54, 1.807) is 0 Å². The highest BCUT2D eigenvalue weighted by molar-refractivity contribution is 5.55. The summed E-state index contributed by atoms with van der Waals surface area (Å²) in [6.07, 6.45) is 3.82. The second kappa shape index (κ2) is 5.53. The minimum atomic E-state index is 0.838. The van der Waals surface area contributed by atoms with Crippen LogP contribution in [0.25, 0.3) is 0 Å². The van der Waals surface area contributed by atoms with Crippen LogP contribution in [0.4, 0.5) is 11.4 Å². The summed E-state index contributed by atoms with van der Waals surface area (Å²) in [5.41, 5.74) is 7.77. The van der Waals surface area contributed by atoms with E-state index in [1.165, 1.54) is 24.9 Å². The fourth-order valence-electron chi connectivity index (χ4n) is 1.49. The lowest BCUT2D eigenvalue weighted by Gasteiger charge is -2.19. The van der Waals surface area contributed by atoms with Gasteiger partial charge in [0.15, 0.2) is 0 Å².